The van der Waals surface area contributed by atoms with E-state index in [1.54, 1.807) is 39.8 Å². The number of allylic oxidation sites excluding steroid dienone is 3. The van der Waals surface area contributed by atoms with Gasteiger partial charge >= 0.3 is 11.9 Å². The van der Waals surface area contributed by atoms with Crippen molar-refractivity contribution in [3.63, 3.8) is 0 Å². The molecule has 1 N–H and O–H groups in total. The van der Waals surface area contributed by atoms with E-state index in [0.29, 0.717) is 30.4 Å². The Kier molecular flexibility index (Phi) is 7.39. The summed E-state index contributed by atoms with van der Waals surface area (Å²) in [5.41, 5.74) is 0.538. The largest absolute Gasteiger partial charge is 0.458 e. The van der Waals surface area contributed by atoms with Crippen LogP contribution in [0.5, 0.6) is 0 Å². The van der Waals surface area contributed by atoms with Gasteiger partial charge in [-0.3, -0.25) is 0 Å². The number of rotatable bonds is 5. The summed E-state index contributed by atoms with van der Waals surface area (Å²) in [7, 11) is 0. The van der Waals surface area contributed by atoms with Crippen LogP contribution in [0.2, 0.25) is 0 Å². The fraction of sp³-hybridized carbons (Fsp3) is 0.680. The average Bonchev–Trinajstić information content (AvgIpc) is 2.82. The van der Waals surface area contributed by atoms with Crippen LogP contribution in [0.3, 0.4) is 0 Å². The monoisotopic (exact) mass is 418 g/mol. The van der Waals surface area contributed by atoms with E-state index in [2.05, 4.69) is 13.0 Å². The molecule has 1 fully saturated rings. The lowest BCUT2D eigenvalue weighted by Crippen LogP contribution is -2.50. The second kappa shape index (κ2) is 9.09. The topological polar surface area (TPSA) is 72.8 Å². The second-order valence-electron chi connectivity index (χ2n) is 9.57. The molecule has 0 radical (unpaired) electrons. The summed E-state index contributed by atoms with van der Waals surface area (Å²) in [5.74, 6) is -1.17. The van der Waals surface area contributed by atoms with Crippen molar-refractivity contribution in [1.29, 1.82) is 0 Å². The first-order valence-electron chi connectivity index (χ1n) is 11.0. The summed E-state index contributed by atoms with van der Waals surface area (Å²) >= 11 is 0. The zero-order chi connectivity index (χ0) is 22.9. The maximum atomic E-state index is 12.6. The number of hydrogen-bond acceptors (Lipinski definition) is 5. The number of esters is 2. The lowest BCUT2D eigenvalue weighted by molar-refractivity contribution is -0.164. The Balaban J connectivity index is 2.53. The van der Waals surface area contributed by atoms with Crippen molar-refractivity contribution in [2.24, 2.45) is 17.3 Å². The van der Waals surface area contributed by atoms with Crippen molar-refractivity contribution in [3.8, 4) is 0 Å². The van der Waals surface area contributed by atoms with Gasteiger partial charge in [-0.25, -0.2) is 9.59 Å². The van der Waals surface area contributed by atoms with Gasteiger partial charge in [0.2, 0.25) is 0 Å². The maximum Gasteiger partial charge on any atom is 0.333 e. The van der Waals surface area contributed by atoms with Crippen LogP contribution in [0.1, 0.15) is 74.7 Å². The Morgan fingerprint density at radius 2 is 1.67 bits per heavy atom. The molecule has 2 aliphatic carbocycles. The first-order chi connectivity index (χ1) is 13.9. The average molecular weight is 419 g/mol. The normalized spacial score (nSPS) is 34.9. The predicted molar refractivity (Wildman–Crippen MR) is 118 cm³/mol. The quantitative estimate of drug-likeness (QED) is 0.391. The highest BCUT2D eigenvalue weighted by molar-refractivity contribution is 5.88. The van der Waals surface area contributed by atoms with E-state index in [4.69, 9.17) is 9.47 Å². The van der Waals surface area contributed by atoms with E-state index in [1.165, 1.54) is 0 Å². The van der Waals surface area contributed by atoms with Gasteiger partial charge in [-0.05, 0) is 47.0 Å². The first kappa shape index (κ1) is 24.4. The van der Waals surface area contributed by atoms with E-state index in [-0.39, 0.29) is 23.8 Å². The van der Waals surface area contributed by atoms with Gasteiger partial charge in [0.25, 0.3) is 0 Å². The Morgan fingerprint density at radius 1 is 1.13 bits per heavy atom. The molecule has 5 nitrogen and oxygen atoms in total. The molecule has 5 heteroatoms. The molecular weight excluding hydrogens is 380 g/mol. The van der Waals surface area contributed by atoms with Crippen LogP contribution in [0.25, 0.3) is 0 Å². The maximum absolute atomic E-state index is 12.6. The summed E-state index contributed by atoms with van der Waals surface area (Å²) in [4.78, 5) is 25.2. The highest BCUT2D eigenvalue weighted by Gasteiger charge is 2.65. The molecule has 0 spiro atoms. The number of aliphatic hydroxyl groups is 1. The summed E-state index contributed by atoms with van der Waals surface area (Å²) in [6, 6.07) is 0. The number of ether oxygens (including phenoxy) is 2. The van der Waals surface area contributed by atoms with Crippen molar-refractivity contribution in [3.05, 3.63) is 34.9 Å². The molecule has 0 bridgehead atoms. The molecule has 5 atom stereocenters. The highest BCUT2D eigenvalue weighted by Crippen LogP contribution is 2.59. The van der Waals surface area contributed by atoms with E-state index in [0.717, 1.165) is 5.57 Å². The van der Waals surface area contributed by atoms with Gasteiger partial charge < -0.3 is 14.6 Å². The van der Waals surface area contributed by atoms with Crippen LogP contribution in [0, 0.1) is 17.3 Å². The molecule has 168 valence electrons. The minimum Gasteiger partial charge on any atom is -0.458 e. The molecule has 0 saturated heterocycles. The number of hydrogen-bond donors (Lipinski definition) is 1. The molecule has 0 aromatic rings. The minimum absolute atomic E-state index is 0.0873. The van der Waals surface area contributed by atoms with Crippen molar-refractivity contribution in [1.82, 2.24) is 0 Å². The minimum atomic E-state index is -1.11. The summed E-state index contributed by atoms with van der Waals surface area (Å²) in [6.45, 7) is 15.1. The standard InChI is InChI=1S/C25H38O5/c1-9-17(6)22(26)29-19-13-16(5)11-12-24(8)20(30-23(27)18(7)10-2)14-25(28,15(3)4)21(19)24/h9-11,15,19-21,28H,12-14H2,1-8H3/b17-9-,18-10-/t19-,20-,21+,24-,25+/m0/s1. The Bertz CT molecular complexity index is 774. The van der Waals surface area contributed by atoms with Crippen LogP contribution in [0.15, 0.2) is 34.9 Å². The third kappa shape index (κ3) is 4.41. The van der Waals surface area contributed by atoms with Gasteiger partial charge in [-0.2, -0.15) is 0 Å². The zero-order valence-corrected chi connectivity index (χ0v) is 19.7. The summed E-state index contributed by atoms with van der Waals surface area (Å²) < 4.78 is 11.9. The number of carbonyl (C=O) groups excluding carboxylic acids is 2. The molecule has 2 aliphatic rings. The van der Waals surface area contributed by atoms with Crippen molar-refractivity contribution in [2.45, 2.75) is 92.5 Å². The first-order valence-corrected chi connectivity index (χ1v) is 11.0. The summed E-state index contributed by atoms with van der Waals surface area (Å²) in [5, 5.41) is 11.9. The van der Waals surface area contributed by atoms with Gasteiger partial charge in [0.1, 0.15) is 12.2 Å². The summed E-state index contributed by atoms with van der Waals surface area (Å²) in [6.07, 6.45) is 6.19. The van der Waals surface area contributed by atoms with Crippen molar-refractivity contribution < 1.29 is 24.2 Å². The van der Waals surface area contributed by atoms with Crippen LogP contribution < -0.4 is 0 Å². The molecule has 0 aromatic carbocycles. The molecule has 30 heavy (non-hydrogen) atoms. The third-order valence-corrected chi connectivity index (χ3v) is 7.30. The van der Waals surface area contributed by atoms with Gasteiger partial charge in [-0.1, -0.05) is 44.6 Å². The molecule has 0 aliphatic heterocycles. The Labute approximate surface area is 181 Å². The molecule has 2 rings (SSSR count). The fourth-order valence-corrected chi connectivity index (χ4v) is 4.92. The molecule has 0 amide bonds. The number of carbonyl (C=O) groups is 2. The van der Waals surface area contributed by atoms with Gasteiger partial charge in [0, 0.05) is 35.3 Å². The van der Waals surface area contributed by atoms with Crippen LogP contribution >= 0.6 is 0 Å². The van der Waals surface area contributed by atoms with Crippen LogP contribution in [-0.4, -0.2) is 34.9 Å². The fourth-order valence-electron chi connectivity index (χ4n) is 4.92. The molecule has 0 heterocycles. The van der Waals surface area contributed by atoms with E-state index in [9.17, 15) is 14.7 Å². The Hall–Kier alpha value is -1.88. The number of fused-ring (bicyclic) bond motifs is 1. The lowest BCUT2D eigenvalue weighted by atomic mass is 9.67. The SMILES string of the molecule is C/C=C(/C)C(=O)O[C@H]1CC(C)=CC[C@@]2(C)[C@@H](OC(=O)/C(C)=C\C)C[C@@](O)(C(C)C)[C@H]12. The Morgan fingerprint density at radius 3 is 2.17 bits per heavy atom. The molecule has 0 unspecified atom stereocenters. The van der Waals surface area contributed by atoms with Gasteiger partial charge in [0.05, 0.1) is 5.60 Å². The van der Waals surface area contributed by atoms with E-state index >= 15 is 0 Å². The van der Waals surface area contributed by atoms with E-state index in [1.807, 2.05) is 20.8 Å². The van der Waals surface area contributed by atoms with Gasteiger partial charge in [0.15, 0.2) is 0 Å². The molecule has 0 aromatic heterocycles. The highest BCUT2D eigenvalue weighted by atomic mass is 16.6. The van der Waals surface area contributed by atoms with Crippen molar-refractivity contribution in [2.75, 3.05) is 0 Å². The zero-order valence-electron chi connectivity index (χ0n) is 19.7. The predicted octanol–water partition coefficient (Wildman–Crippen LogP) is 4.90. The van der Waals surface area contributed by atoms with Gasteiger partial charge in [-0.15, -0.1) is 0 Å². The lowest BCUT2D eigenvalue weighted by Gasteiger charge is -2.43. The third-order valence-electron chi connectivity index (χ3n) is 7.30. The van der Waals surface area contributed by atoms with Crippen LogP contribution in [0.4, 0.5) is 0 Å². The van der Waals surface area contributed by atoms with Crippen molar-refractivity contribution >= 4 is 11.9 Å². The van der Waals surface area contributed by atoms with Crippen LogP contribution in [-0.2, 0) is 19.1 Å². The second-order valence-corrected chi connectivity index (χ2v) is 9.57. The molecular formula is C25H38O5. The smallest absolute Gasteiger partial charge is 0.333 e. The molecule has 1 saturated carbocycles. The van der Waals surface area contributed by atoms with E-state index < -0.39 is 23.2 Å².